The Morgan fingerprint density at radius 1 is 1.30 bits per heavy atom. The Morgan fingerprint density at radius 2 is 2.00 bits per heavy atom. The van der Waals surface area contributed by atoms with Gasteiger partial charge in [0.05, 0.1) is 19.9 Å². The first-order valence-electron chi connectivity index (χ1n) is 7.21. The van der Waals surface area contributed by atoms with E-state index in [4.69, 9.17) is 15.2 Å². The Balaban J connectivity index is 0.00000264. The molecule has 0 aromatic heterocycles. The Labute approximate surface area is 153 Å². The van der Waals surface area contributed by atoms with Gasteiger partial charge in [0.15, 0.2) is 5.96 Å². The van der Waals surface area contributed by atoms with E-state index in [1.807, 2.05) is 4.90 Å². The molecule has 3 N–H and O–H groups in total. The number of amides is 1. The summed E-state index contributed by atoms with van der Waals surface area (Å²) in [4.78, 5) is 17.8. The number of nitrogens with zero attached hydrogens (tertiary/aromatic N) is 2. The molecule has 1 aliphatic heterocycles. The predicted octanol–water partition coefficient (Wildman–Crippen LogP) is 1.67. The molecule has 0 spiro atoms. The summed E-state index contributed by atoms with van der Waals surface area (Å²) in [5, 5.41) is 2.93. The van der Waals surface area contributed by atoms with Gasteiger partial charge < -0.3 is 25.4 Å². The van der Waals surface area contributed by atoms with Crippen LogP contribution in [0.4, 0.5) is 5.69 Å². The van der Waals surface area contributed by atoms with Gasteiger partial charge in [0, 0.05) is 19.2 Å². The lowest BCUT2D eigenvalue weighted by molar-refractivity contribution is -0.128. The zero-order valence-corrected chi connectivity index (χ0v) is 15.7. The molecule has 7 nitrogen and oxygen atoms in total. The molecule has 0 atom stereocenters. The molecule has 0 saturated carbocycles. The van der Waals surface area contributed by atoms with E-state index in [9.17, 15) is 4.79 Å². The van der Waals surface area contributed by atoms with Crippen molar-refractivity contribution in [2.75, 3.05) is 39.2 Å². The van der Waals surface area contributed by atoms with Crippen molar-refractivity contribution in [3.8, 4) is 11.5 Å². The lowest BCUT2D eigenvalue weighted by atomic mass is 10.2. The molecule has 1 aromatic carbocycles. The van der Waals surface area contributed by atoms with Gasteiger partial charge in [-0.2, -0.15) is 0 Å². The minimum absolute atomic E-state index is 0. The van der Waals surface area contributed by atoms with Crippen LogP contribution in [0.25, 0.3) is 0 Å². The van der Waals surface area contributed by atoms with Crippen LogP contribution >= 0.6 is 24.0 Å². The highest BCUT2D eigenvalue weighted by Crippen LogP contribution is 2.28. The van der Waals surface area contributed by atoms with E-state index in [1.54, 1.807) is 32.4 Å². The van der Waals surface area contributed by atoms with E-state index in [2.05, 4.69) is 10.3 Å². The van der Waals surface area contributed by atoms with E-state index in [0.717, 1.165) is 25.9 Å². The predicted molar refractivity (Wildman–Crippen MR) is 101 cm³/mol. The lowest BCUT2D eigenvalue weighted by Crippen LogP contribution is -2.31. The maximum absolute atomic E-state index is 11.9. The van der Waals surface area contributed by atoms with Crippen LogP contribution < -0.4 is 20.5 Å². The van der Waals surface area contributed by atoms with Crippen molar-refractivity contribution in [2.24, 2.45) is 10.7 Å². The Hall–Kier alpha value is -1.71. The summed E-state index contributed by atoms with van der Waals surface area (Å²) in [6, 6.07) is 5.31. The molecule has 1 saturated heterocycles. The van der Waals surface area contributed by atoms with Crippen LogP contribution in [0.1, 0.15) is 12.8 Å². The van der Waals surface area contributed by atoms with Crippen molar-refractivity contribution in [3.05, 3.63) is 18.2 Å². The summed E-state index contributed by atoms with van der Waals surface area (Å²) in [6.45, 7) is 1.67. The smallest absolute Gasteiger partial charge is 0.244 e. The van der Waals surface area contributed by atoms with Crippen molar-refractivity contribution in [2.45, 2.75) is 12.8 Å². The number of halogens is 1. The van der Waals surface area contributed by atoms with E-state index < -0.39 is 0 Å². The van der Waals surface area contributed by atoms with Crippen LogP contribution in [0.2, 0.25) is 0 Å². The highest BCUT2D eigenvalue weighted by molar-refractivity contribution is 14.0. The molecule has 0 aliphatic carbocycles. The van der Waals surface area contributed by atoms with Crippen LogP contribution in [-0.2, 0) is 4.79 Å². The van der Waals surface area contributed by atoms with E-state index in [1.165, 1.54) is 0 Å². The zero-order chi connectivity index (χ0) is 15.9. The fourth-order valence-corrected chi connectivity index (χ4v) is 2.31. The van der Waals surface area contributed by atoms with E-state index in [-0.39, 0.29) is 42.4 Å². The van der Waals surface area contributed by atoms with Crippen LogP contribution in [-0.4, -0.2) is 50.6 Å². The second-order valence-electron chi connectivity index (χ2n) is 4.98. The van der Waals surface area contributed by atoms with Crippen LogP contribution in [0.15, 0.2) is 23.2 Å². The van der Waals surface area contributed by atoms with Gasteiger partial charge in [0.1, 0.15) is 18.0 Å². The van der Waals surface area contributed by atoms with Gasteiger partial charge in [0.2, 0.25) is 5.91 Å². The number of carbonyl (C=O) groups is 1. The van der Waals surface area contributed by atoms with Crippen molar-refractivity contribution in [1.29, 1.82) is 0 Å². The molecule has 0 radical (unpaired) electrons. The molecular weight excluding hydrogens is 411 g/mol. The number of hydrogen-bond donors (Lipinski definition) is 2. The number of rotatable bonds is 5. The van der Waals surface area contributed by atoms with E-state index >= 15 is 0 Å². The summed E-state index contributed by atoms with van der Waals surface area (Å²) < 4.78 is 10.4. The standard InChI is InChI=1S/C15H22N4O3.HI/c1-21-11-5-6-13(22-2)12(9-11)18-15(16)17-10-14(20)19-7-3-4-8-19;/h5-6,9H,3-4,7-8,10H2,1-2H3,(H3,16,17,18);1H. The summed E-state index contributed by atoms with van der Waals surface area (Å²) in [5.41, 5.74) is 6.48. The summed E-state index contributed by atoms with van der Waals surface area (Å²) in [5.74, 6) is 1.45. The molecule has 0 unspecified atom stereocenters. The maximum Gasteiger partial charge on any atom is 0.244 e. The summed E-state index contributed by atoms with van der Waals surface area (Å²) in [7, 11) is 3.15. The van der Waals surface area contributed by atoms with Crippen molar-refractivity contribution in [1.82, 2.24) is 4.90 Å². The van der Waals surface area contributed by atoms with Crippen molar-refractivity contribution >= 4 is 41.5 Å². The Kier molecular flexibility index (Phi) is 7.93. The quantitative estimate of drug-likeness (QED) is 0.418. The number of likely N-dealkylation sites (tertiary alicyclic amines) is 1. The third-order valence-corrected chi connectivity index (χ3v) is 3.51. The number of ether oxygens (including phenoxy) is 2. The zero-order valence-electron chi connectivity index (χ0n) is 13.4. The first kappa shape index (κ1) is 19.3. The second kappa shape index (κ2) is 9.43. The molecule has 1 aliphatic rings. The number of nitrogens with two attached hydrogens (primary N) is 1. The van der Waals surface area contributed by atoms with Crippen LogP contribution in [0.5, 0.6) is 11.5 Å². The number of benzene rings is 1. The van der Waals surface area contributed by atoms with Gasteiger partial charge >= 0.3 is 0 Å². The Morgan fingerprint density at radius 3 is 2.61 bits per heavy atom. The number of nitrogens with one attached hydrogen (secondary N) is 1. The number of carbonyl (C=O) groups excluding carboxylic acids is 1. The molecule has 128 valence electrons. The first-order chi connectivity index (χ1) is 10.6. The van der Waals surface area contributed by atoms with Gasteiger partial charge in [-0.15, -0.1) is 24.0 Å². The minimum Gasteiger partial charge on any atom is -0.497 e. The monoisotopic (exact) mass is 434 g/mol. The fourth-order valence-electron chi connectivity index (χ4n) is 2.31. The lowest BCUT2D eigenvalue weighted by Gasteiger charge is -2.14. The molecule has 1 amide bonds. The van der Waals surface area contributed by atoms with E-state index in [0.29, 0.717) is 17.2 Å². The summed E-state index contributed by atoms with van der Waals surface area (Å²) >= 11 is 0. The summed E-state index contributed by atoms with van der Waals surface area (Å²) in [6.07, 6.45) is 2.12. The largest absolute Gasteiger partial charge is 0.497 e. The van der Waals surface area contributed by atoms with Crippen LogP contribution in [0.3, 0.4) is 0 Å². The van der Waals surface area contributed by atoms with Crippen LogP contribution in [0, 0.1) is 0 Å². The molecule has 1 heterocycles. The number of hydrogen-bond acceptors (Lipinski definition) is 4. The molecule has 2 rings (SSSR count). The second-order valence-corrected chi connectivity index (χ2v) is 4.98. The topological polar surface area (TPSA) is 89.2 Å². The third-order valence-electron chi connectivity index (χ3n) is 3.51. The van der Waals surface area contributed by atoms with Crippen molar-refractivity contribution < 1.29 is 14.3 Å². The molecule has 1 fully saturated rings. The van der Waals surface area contributed by atoms with Gasteiger partial charge in [-0.1, -0.05) is 0 Å². The van der Waals surface area contributed by atoms with Gasteiger partial charge in [-0.25, -0.2) is 4.99 Å². The first-order valence-corrected chi connectivity index (χ1v) is 7.21. The normalized spacial score (nSPS) is 14.2. The number of guanidine groups is 1. The molecule has 1 aromatic rings. The molecule has 8 heteroatoms. The average Bonchev–Trinajstić information content (AvgIpc) is 3.07. The molecule has 0 bridgehead atoms. The number of aliphatic imine (C=N–C) groups is 1. The SMILES string of the molecule is COc1ccc(OC)c(NC(N)=NCC(=O)N2CCCC2)c1.I. The molecule has 23 heavy (non-hydrogen) atoms. The average molecular weight is 434 g/mol. The Bertz CT molecular complexity index is 560. The number of anilines is 1. The van der Waals surface area contributed by atoms with Gasteiger partial charge in [-0.3, -0.25) is 4.79 Å². The van der Waals surface area contributed by atoms with Gasteiger partial charge in [-0.05, 0) is 25.0 Å². The fraction of sp³-hybridized carbons (Fsp3) is 0.467. The van der Waals surface area contributed by atoms with Crippen molar-refractivity contribution in [3.63, 3.8) is 0 Å². The highest BCUT2D eigenvalue weighted by Gasteiger charge is 2.17. The highest BCUT2D eigenvalue weighted by atomic mass is 127. The molecular formula is C15H23IN4O3. The number of methoxy groups -OCH3 is 2. The maximum atomic E-state index is 11.9. The minimum atomic E-state index is -0.000132. The van der Waals surface area contributed by atoms with Gasteiger partial charge in [0.25, 0.3) is 0 Å². The third kappa shape index (κ3) is 5.45.